The van der Waals surface area contributed by atoms with Crippen LogP contribution in [0.5, 0.6) is 0 Å². The van der Waals surface area contributed by atoms with E-state index in [-0.39, 0.29) is 24.2 Å². The van der Waals surface area contributed by atoms with Crippen molar-refractivity contribution in [1.29, 1.82) is 0 Å². The van der Waals surface area contributed by atoms with E-state index in [9.17, 15) is 30.8 Å². The molecule has 0 spiro atoms. The van der Waals surface area contributed by atoms with Crippen molar-refractivity contribution in [3.63, 3.8) is 0 Å². The Balaban J connectivity index is 2.21. The summed E-state index contributed by atoms with van der Waals surface area (Å²) in [6.45, 7) is -1.01. The van der Waals surface area contributed by atoms with Crippen LogP contribution in [0.2, 0.25) is 0 Å². The molecule has 0 bridgehead atoms. The first kappa shape index (κ1) is 18.7. The van der Waals surface area contributed by atoms with Crippen LogP contribution in [-0.4, -0.2) is 52.2 Å². The molecule has 0 aromatic heterocycles. The SMILES string of the molecule is O=C(c1ccc(C(=O)C2CCOS2(=O)=O)cc1)C(CCF)[SH](=O)=O. The highest BCUT2D eigenvalue weighted by atomic mass is 32.2. The number of Topliss-reactive ketones (excluding diaryl/α,β-unsaturated/α-hetero) is 2. The smallest absolute Gasteiger partial charge is 0.277 e. The van der Waals surface area contributed by atoms with E-state index < -0.39 is 56.0 Å². The second-order valence-electron chi connectivity index (χ2n) is 5.18. The number of ketones is 2. The summed E-state index contributed by atoms with van der Waals surface area (Å²) in [6.07, 6.45) is -0.382. The van der Waals surface area contributed by atoms with Crippen molar-refractivity contribution in [3.8, 4) is 0 Å². The molecule has 1 aromatic carbocycles. The van der Waals surface area contributed by atoms with Crippen LogP contribution in [0.25, 0.3) is 0 Å². The zero-order chi connectivity index (χ0) is 17.9. The second kappa shape index (κ2) is 7.49. The Kier molecular flexibility index (Phi) is 5.83. The van der Waals surface area contributed by atoms with Gasteiger partial charge in [-0.2, -0.15) is 8.42 Å². The minimum absolute atomic E-state index is 0.00901. The molecular formula is C14H15FO7S2. The zero-order valence-electron chi connectivity index (χ0n) is 12.4. The Labute approximate surface area is 139 Å². The van der Waals surface area contributed by atoms with Crippen LogP contribution in [0, 0.1) is 0 Å². The maximum absolute atomic E-state index is 12.4. The van der Waals surface area contributed by atoms with Crippen molar-refractivity contribution in [1.82, 2.24) is 0 Å². The molecule has 2 atom stereocenters. The molecule has 10 heteroatoms. The van der Waals surface area contributed by atoms with Crippen molar-refractivity contribution in [2.75, 3.05) is 13.3 Å². The van der Waals surface area contributed by atoms with Gasteiger partial charge in [-0.25, -0.2) is 8.42 Å². The van der Waals surface area contributed by atoms with Gasteiger partial charge in [0.25, 0.3) is 10.1 Å². The molecule has 7 nitrogen and oxygen atoms in total. The molecule has 1 fully saturated rings. The summed E-state index contributed by atoms with van der Waals surface area (Å²) in [7, 11) is -7.06. The standard InChI is InChI=1S/C14H15FO7S2/c15-7-5-11(23(18)19)13(16)9-1-3-10(4-2-9)14(17)12-6-8-22-24(12,20)21/h1-4,11-12,23H,5-8H2. The highest BCUT2D eigenvalue weighted by molar-refractivity contribution is 7.88. The first-order valence-corrected chi connectivity index (χ1v) is 9.76. The highest BCUT2D eigenvalue weighted by Crippen LogP contribution is 2.22. The third-order valence-corrected chi connectivity index (χ3v) is 6.31. The molecule has 2 unspecified atom stereocenters. The van der Waals surface area contributed by atoms with Crippen molar-refractivity contribution in [3.05, 3.63) is 35.4 Å². The summed E-state index contributed by atoms with van der Waals surface area (Å²) < 4.78 is 62.2. The fourth-order valence-corrected chi connectivity index (χ4v) is 4.30. The normalized spacial score (nSPS) is 20.8. The van der Waals surface area contributed by atoms with E-state index >= 15 is 0 Å². The van der Waals surface area contributed by atoms with Crippen LogP contribution < -0.4 is 0 Å². The van der Waals surface area contributed by atoms with Gasteiger partial charge in [-0.1, -0.05) is 24.3 Å². The average molecular weight is 378 g/mol. The Morgan fingerprint density at radius 2 is 1.79 bits per heavy atom. The molecule has 1 aromatic rings. The van der Waals surface area contributed by atoms with E-state index in [1.807, 2.05) is 0 Å². The van der Waals surface area contributed by atoms with Gasteiger partial charge in [0, 0.05) is 11.1 Å². The lowest BCUT2D eigenvalue weighted by molar-refractivity contribution is 0.0972. The van der Waals surface area contributed by atoms with E-state index in [0.29, 0.717) is 0 Å². The molecule has 0 amide bonds. The van der Waals surface area contributed by atoms with Crippen LogP contribution in [0.3, 0.4) is 0 Å². The number of benzene rings is 1. The van der Waals surface area contributed by atoms with Crippen LogP contribution >= 0.6 is 0 Å². The van der Waals surface area contributed by atoms with Crippen LogP contribution in [0.1, 0.15) is 33.6 Å². The fourth-order valence-electron chi connectivity index (χ4n) is 2.37. The number of carbonyl (C=O) groups excluding carboxylic acids is 2. The van der Waals surface area contributed by atoms with Crippen molar-refractivity contribution < 1.29 is 35.0 Å². The molecule has 0 N–H and O–H groups in total. The molecule has 1 heterocycles. The molecule has 0 radical (unpaired) electrons. The van der Waals surface area contributed by atoms with Gasteiger partial charge >= 0.3 is 0 Å². The predicted molar refractivity (Wildman–Crippen MR) is 83.1 cm³/mol. The molecule has 1 saturated heterocycles. The molecule has 1 aliphatic heterocycles. The molecular weight excluding hydrogens is 363 g/mol. The first-order valence-electron chi connectivity index (χ1n) is 7.04. The van der Waals surface area contributed by atoms with Gasteiger partial charge in [0.05, 0.1) is 13.3 Å². The van der Waals surface area contributed by atoms with Crippen LogP contribution in [-0.2, 0) is 25.0 Å². The first-order chi connectivity index (χ1) is 11.3. The van der Waals surface area contributed by atoms with Crippen molar-refractivity contribution in [2.24, 2.45) is 0 Å². The van der Waals surface area contributed by atoms with E-state index in [1.165, 1.54) is 24.3 Å². The maximum Gasteiger partial charge on any atom is 0.277 e. The summed E-state index contributed by atoms with van der Waals surface area (Å²) >= 11 is 0. The maximum atomic E-state index is 12.4. The second-order valence-corrected chi connectivity index (χ2v) is 8.16. The number of carbonyl (C=O) groups is 2. The zero-order valence-corrected chi connectivity index (χ0v) is 14.1. The largest absolute Gasteiger partial charge is 0.293 e. The lowest BCUT2D eigenvalue weighted by Crippen LogP contribution is -2.26. The van der Waals surface area contributed by atoms with Crippen LogP contribution in [0.4, 0.5) is 4.39 Å². The number of hydrogen-bond donors (Lipinski definition) is 1. The highest BCUT2D eigenvalue weighted by Gasteiger charge is 2.39. The van der Waals surface area contributed by atoms with Gasteiger partial charge in [-0.3, -0.25) is 18.2 Å². The van der Waals surface area contributed by atoms with E-state index in [2.05, 4.69) is 4.18 Å². The van der Waals surface area contributed by atoms with Crippen molar-refractivity contribution >= 4 is 32.4 Å². The predicted octanol–water partition coefficient (Wildman–Crippen LogP) is 0.510. The Morgan fingerprint density at radius 3 is 2.25 bits per heavy atom. The molecule has 24 heavy (non-hydrogen) atoms. The van der Waals surface area contributed by atoms with Gasteiger partial charge in [0.1, 0.15) is 5.25 Å². The Morgan fingerprint density at radius 1 is 1.21 bits per heavy atom. The summed E-state index contributed by atoms with van der Waals surface area (Å²) in [6, 6.07) is 4.94. The van der Waals surface area contributed by atoms with Gasteiger partial charge in [0.15, 0.2) is 27.5 Å². The summed E-state index contributed by atoms with van der Waals surface area (Å²) in [5, 5.41) is -2.75. The number of rotatable bonds is 7. The topological polar surface area (TPSA) is 112 Å². The third kappa shape index (κ3) is 3.87. The minimum atomic E-state index is -3.93. The summed E-state index contributed by atoms with van der Waals surface area (Å²) in [5.41, 5.74) is 0.0777. The van der Waals surface area contributed by atoms with E-state index in [1.54, 1.807) is 0 Å². The number of thiol groups is 1. The number of hydrogen-bond acceptors (Lipinski definition) is 7. The lowest BCUT2D eigenvalue weighted by atomic mass is 10.0. The monoisotopic (exact) mass is 378 g/mol. The molecule has 132 valence electrons. The third-order valence-electron chi connectivity index (χ3n) is 3.66. The minimum Gasteiger partial charge on any atom is -0.293 e. The van der Waals surface area contributed by atoms with Gasteiger partial charge in [0.2, 0.25) is 0 Å². The molecule has 1 aliphatic rings. The Bertz CT molecular complexity index is 804. The summed E-state index contributed by atoms with van der Waals surface area (Å²) in [5.74, 6) is -1.42. The van der Waals surface area contributed by atoms with E-state index in [0.717, 1.165) is 0 Å². The molecule has 0 saturated carbocycles. The number of halogens is 1. The number of alkyl halides is 1. The fraction of sp³-hybridized carbons (Fsp3) is 0.429. The van der Waals surface area contributed by atoms with Gasteiger partial charge in [-0.05, 0) is 12.8 Å². The molecule has 0 aliphatic carbocycles. The quantitative estimate of drug-likeness (QED) is 0.418. The van der Waals surface area contributed by atoms with Gasteiger partial charge < -0.3 is 0 Å². The van der Waals surface area contributed by atoms with Crippen molar-refractivity contribution in [2.45, 2.75) is 23.3 Å². The molecule has 2 rings (SSSR count). The van der Waals surface area contributed by atoms with E-state index in [4.69, 9.17) is 0 Å². The average Bonchev–Trinajstić information content (AvgIpc) is 2.90. The Hall–Kier alpha value is -1.65. The van der Waals surface area contributed by atoms with Gasteiger partial charge in [-0.15, -0.1) is 0 Å². The summed E-state index contributed by atoms with van der Waals surface area (Å²) in [4.78, 5) is 24.3. The van der Waals surface area contributed by atoms with Crippen LogP contribution in [0.15, 0.2) is 24.3 Å². The lowest BCUT2D eigenvalue weighted by Gasteiger charge is -2.09.